The fourth-order valence-electron chi connectivity index (χ4n) is 2.81. The maximum Gasteiger partial charge on any atom is 0.344 e. The summed E-state index contributed by atoms with van der Waals surface area (Å²) >= 11 is 0. The first-order valence-corrected chi connectivity index (χ1v) is 6.81. The number of carbonyl (C=O) groups is 1. The number of cyclic esters (lactones) is 1. The van der Waals surface area contributed by atoms with E-state index in [4.69, 9.17) is 9.15 Å². The minimum Gasteiger partial charge on any atom is -0.457 e. The molecular formula is C19H12O3. The van der Waals surface area contributed by atoms with Crippen LogP contribution < -0.4 is 10.8 Å². The Bertz CT molecular complexity index is 1070. The lowest BCUT2D eigenvalue weighted by atomic mass is 9.98. The van der Waals surface area contributed by atoms with Crippen LogP contribution in [0.4, 0.5) is 0 Å². The van der Waals surface area contributed by atoms with Gasteiger partial charge in [-0.15, -0.1) is 0 Å². The fraction of sp³-hybridized carbons (Fsp3) is 0. The molecule has 1 aliphatic rings. The van der Waals surface area contributed by atoms with E-state index in [9.17, 15) is 4.79 Å². The van der Waals surface area contributed by atoms with Crippen molar-refractivity contribution in [2.45, 2.75) is 0 Å². The van der Waals surface area contributed by atoms with E-state index in [0.29, 0.717) is 22.2 Å². The average Bonchev–Trinajstić information content (AvgIpc) is 2.96. The summed E-state index contributed by atoms with van der Waals surface area (Å²) in [5, 5.41) is 1.90. The van der Waals surface area contributed by atoms with Gasteiger partial charge in [0.25, 0.3) is 0 Å². The summed E-state index contributed by atoms with van der Waals surface area (Å²) in [6, 6.07) is 11.6. The van der Waals surface area contributed by atoms with Crippen LogP contribution in [0.25, 0.3) is 40.8 Å². The lowest BCUT2D eigenvalue weighted by molar-refractivity contribution is 0.0716. The molecule has 22 heavy (non-hydrogen) atoms. The molecule has 0 aliphatic carbocycles. The number of hydrogen-bond donors (Lipinski definition) is 0. The summed E-state index contributed by atoms with van der Waals surface area (Å²) in [7, 11) is 0. The number of hydrogen-bond acceptors (Lipinski definition) is 3. The number of esters is 1. The van der Waals surface area contributed by atoms with Crippen molar-refractivity contribution >= 4 is 35.7 Å². The molecule has 0 atom stereocenters. The first kappa shape index (κ1) is 12.7. The first-order chi connectivity index (χ1) is 10.5. The van der Waals surface area contributed by atoms with Crippen LogP contribution >= 0.6 is 0 Å². The summed E-state index contributed by atoms with van der Waals surface area (Å²) in [6.07, 6.45) is 0. The van der Waals surface area contributed by atoms with Crippen molar-refractivity contribution < 1.29 is 13.9 Å². The summed E-state index contributed by atoms with van der Waals surface area (Å²) in [6.45, 7) is 11.5. The van der Waals surface area contributed by atoms with E-state index in [1.807, 2.05) is 30.3 Å². The molecule has 1 aromatic heterocycles. The molecule has 0 radical (unpaired) electrons. The molecule has 2 aromatic carbocycles. The summed E-state index contributed by atoms with van der Waals surface area (Å²) in [4.78, 5) is 11.6. The molecule has 0 bridgehead atoms. The molecule has 0 amide bonds. The summed E-state index contributed by atoms with van der Waals surface area (Å²) in [5.41, 5.74) is 4.50. The van der Waals surface area contributed by atoms with Gasteiger partial charge in [0.1, 0.15) is 16.6 Å². The number of fused-ring (bicyclic) bond motifs is 2. The largest absolute Gasteiger partial charge is 0.457 e. The van der Waals surface area contributed by atoms with Gasteiger partial charge in [-0.05, 0) is 35.4 Å². The van der Waals surface area contributed by atoms with Crippen molar-refractivity contribution in [1.29, 1.82) is 0 Å². The van der Waals surface area contributed by atoms with Gasteiger partial charge in [-0.1, -0.05) is 31.9 Å². The second kappa shape index (κ2) is 4.21. The Labute approximate surface area is 126 Å². The van der Waals surface area contributed by atoms with Gasteiger partial charge in [-0.3, -0.25) is 0 Å². The van der Waals surface area contributed by atoms with Crippen LogP contribution in [0.3, 0.4) is 0 Å². The monoisotopic (exact) mass is 288 g/mol. The van der Waals surface area contributed by atoms with E-state index in [2.05, 4.69) is 19.7 Å². The third-order valence-corrected chi connectivity index (χ3v) is 3.96. The van der Waals surface area contributed by atoms with E-state index in [1.54, 1.807) is 6.07 Å². The zero-order chi connectivity index (χ0) is 15.4. The van der Waals surface area contributed by atoms with Crippen LogP contribution in [-0.4, -0.2) is 5.97 Å². The predicted octanol–water partition coefficient (Wildman–Crippen LogP) is 3.06. The highest BCUT2D eigenvalue weighted by Gasteiger charge is 2.25. The zero-order valence-corrected chi connectivity index (χ0v) is 11.8. The molecule has 106 valence electrons. The van der Waals surface area contributed by atoms with Crippen LogP contribution in [0.2, 0.25) is 0 Å². The Kier molecular flexibility index (Phi) is 2.42. The highest BCUT2D eigenvalue weighted by Crippen LogP contribution is 2.32. The number of benzene rings is 2. The smallest absolute Gasteiger partial charge is 0.344 e. The van der Waals surface area contributed by atoms with Crippen LogP contribution in [-0.2, 0) is 4.74 Å². The normalized spacial score (nSPS) is 13.5. The molecule has 4 rings (SSSR count). The Balaban J connectivity index is 1.93. The van der Waals surface area contributed by atoms with Crippen LogP contribution in [0.5, 0.6) is 0 Å². The van der Waals surface area contributed by atoms with Crippen molar-refractivity contribution in [2.24, 2.45) is 0 Å². The van der Waals surface area contributed by atoms with Crippen molar-refractivity contribution in [3.05, 3.63) is 64.9 Å². The zero-order valence-electron chi connectivity index (χ0n) is 11.8. The second-order valence-corrected chi connectivity index (χ2v) is 5.28. The molecule has 0 saturated carbocycles. The quantitative estimate of drug-likeness (QED) is 0.646. The van der Waals surface area contributed by atoms with Gasteiger partial charge in [0.2, 0.25) is 0 Å². The molecule has 0 N–H and O–H groups in total. The SMILES string of the molecule is C=C1OC(=O)c2ccc(-c3ccc4c(=C)oc(=C)c4c3)cc21. The maximum atomic E-state index is 11.6. The number of carbonyl (C=O) groups excluding carboxylic acids is 1. The Hall–Kier alpha value is -3.07. The second-order valence-electron chi connectivity index (χ2n) is 5.28. The van der Waals surface area contributed by atoms with E-state index >= 15 is 0 Å². The molecule has 2 heterocycles. The molecule has 0 fully saturated rings. The van der Waals surface area contributed by atoms with E-state index in [-0.39, 0.29) is 5.97 Å². The van der Waals surface area contributed by atoms with Gasteiger partial charge in [0.15, 0.2) is 0 Å². The number of furan rings is 1. The Morgan fingerprint density at radius 2 is 1.45 bits per heavy atom. The predicted molar refractivity (Wildman–Crippen MR) is 86.4 cm³/mol. The molecule has 1 aliphatic heterocycles. The topological polar surface area (TPSA) is 39.4 Å². The standard InChI is InChI=1S/C19H12O3/c1-10-15-6-4-13(8-17(15)11(2)21-10)14-5-7-16-18(9-14)12(3)22-19(16)20/h4-9H,1-3H2. The fourth-order valence-corrected chi connectivity index (χ4v) is 2.81. The van der Waals surface area contributed by atoms with Gasteiger partial charge in [0.05, 0.1) is 5.56 Å². The van der Waals surface area contributed by atoms with Crippen molar-refractivity contribution in [3.8, 4) is 11.1 Å². The summed E-state index contributed by atoms with van der Waals surface area (Å²) < 4.78 is 10.5. The maximum absolute atomic E-state index is 11.6. The molecule has 0 spiro atoms. The Morgan fingerprint density at radius 1 is 0.773 bits per heavy atom. The van der Waals surface area contributed by atoms with Crippen molar-refractivity contribution in [3.63, 3.8) is 0 Å². The van der Waals surface area contributed by atoms with Crippen molar-refractivity contribution in [1.82, 2.24) is 0 Å². The molecule has 3 heteroatoms. The van der Waals surface area contributed by atoms with Gasteiger partial charge in [-0.2, -0.15) is 0 Å². The van der Waals surface area contributed by atoms with Gasteiger partial charge < -0.3 is 9.15 Å². The third-order valence-electron chi connectivity index (χ3n) is 3.96. The van der Waals surface area contributed by atoms with Crippen LogP contribution in [0, 0.1) is 0 Å². The van der Waals surface area contributed by atoms with Gasteiger partial charge in [0, 0.05) is 16.3 Å². The minimum absolute atomic E-state index is 0.349. The number of ether oxygens (including phenoxy) is 1. The lowest BCUT2D eigenvalue weighted by Crippen LogP contribution is -1.94. The third kappa shape index (κ3) is 1.66. The van der Waals surface area contributed by atoms with Crippen LogP contribution in [0.15, 0.2) is 47.4 Å². The van der Waals surface area contributed by atoms with Crippen molar-refractivity contribution in [2.75, 3.05) is 0 Å². The summed E-state index contributed by atoms with van der Waals surface area (Å²) in [5.74, 6) is 0.0442. The van der Waals surface area contributed by atoms with E-state index in [0.717, 1.165) is 27.5 Å². The van der Waals surface area contributed by atoms with E-state index in [1.165, 1.54) is 0 Å². The molecule has 3 nitrogen and oxygen atoms in total. The first-order valence-electron chi connectivity index (χ1n) is 6.81. The minimum atomic E-state index is -0.349. The van der Waals surface area contributed by atoms with Crippen LogP contribution in [0.1, 0.15) is 15.9 Å². The lowest BCUT2D eigenvalue weighted by Gasteiger charge is -2.04. The molecule has 0 saturated heterocycles. The highest BCUT2D eigenvalue weighted by atomic mass is 16.5. The molecule has 3 aromatic rings. The van der Waals surface area contributed by atoms with E-state index < -0.39 is 0 Å². The number of rotatable bonds is 1. The average molecular weight is 288 g/mol. The highest BCUT2D eigenvalue weighted by molar-refractivity contribution is 6.03. The molecular weight excluding hydrogens is 276 g/mol. The van der Waals surface area contributed by atoms with Gasteiger partial charge in [-0.25, -0.2) is 4.79 Å². The molecule has 0 unspecified atom stereocenters. The Morgan fingerprint density at radius 3 is 2.27 bits per heavy atom. The van der Waals surface area contributed by atoms with Gasteiger partial charge >= 0.3 is 5.97 Å².